The fourth-order valence-electron chi connectivity index (χ4n) is 2.99. The van der Waals surface area contributed by atoms with Crippen molar-refractivity contribution < 1.29 is 0 Å². The summed E-state index contributed by atoms with van der Waals surface area (Å²) in [6, 6.07) is 8.78. The zero-order valence-electron chi connectivity index (χ0n) is 9.05. The molecule has 0 aromatic heterocycles. The molecule has 0 saturated heterocycles. The van der Waals surface area contributed by atoms with Gasteiger partial charge in [0, 0.05) is 17.6 Å². The second-order valence-corrected chi connectivity index (χ2v) is 4.93. The summed E-state index contributed by atoms with van der Waals surface area (Å²) in [7, 11) is 0. The first-order chi connectivity index (χ1) is 7.30. The summed E-state index contributed by atoms with van der Waals surface area (Å²) < 4.78 is 0. The van der Waals surface area contributed by atoms with E-state index >= 15 is 0 Å². The van der Waals surface area contributed by atoms with Crippen molar-refractivity contribution in [3.8, 4) is 0 Å². The molecule has 0 radical (unpaired) electrons. The molecule has 0 bridgehead atoms. The maximum absolute atomic E-state index is 4.10. The van der Waals surface area contributed by atoms with Gasteiger partial charge in [-0.1, -0.05) is 30.4 Å². The summed E-state index contributed by atoms with van der Waals surface area (Å²) in [5.74, 6) is 0. The van der Waals surface area contributed by atoms with Crippen molar-refractivity contribution in [3.05, 3.63) is 42.0 Å². The largest absolute Gasteiger partial charge is 0.384 e. The van der Waals surface area contributed by atoms with Crippen molar-refractivity contribution in [1.82, 2.24) is 0 Å². The van der Waals surface area contributed by atoms with Crippen LogP contribution < -0.4 is 5.32 Å². The van der Waals surface area contributed by atoms with Gasteiger partial charge in [-0.25, -0.2) is 0 Å². The van der Waals surface area contributed by atoms with Crippen molar-refractivity contribution in [2.45, 2.75) is 31.1 Å². The number of allylic oxidation sites excluding steroid dienone is 1. The Morgan fingerprint density at radius 3 is 2.67 bits per heavy atom. The quantitative estimate of drug-likeness (QED) is 0.631. The van der Waals surface area contributed by atoms with Crippen LogP contribution in [0, 0.1) is 0 Å². The number of benzene rings is 1. The Morgan fingerprint density at radius 2 is 1.87 bits per heavy atom. The summed E-state index contributed by atoms with van der Waals surface area (Å²) in [5.41, 5.74) is 4.74. The molecule has 78 valence electrons. The van der Waals surface area contributed by atoms with Gasteiger partial charge >= 0.3 is 0 Å². The van der Waals surface area contributed by atoms with Crippen molar-refractivity contribution in [1.29, 1.82) is 0 Å². The molecule has 1 aliphatic heterocycles. The number of nitrogens with one attached hydrogen (secondary N) is 1. The third-order valence-corrected chi connectivity index (χ3v) is 4.03. The smallest absolute Gasteiger partial charge is 0.0379 e. The van der Waals surface area contributed by atoms with E-state index in [1.54, 1.807) is 0 Å². The Labute approximate surface area is 91.2 Å². The minimum Gasteiger partial charge on any atom is -0.384 e. The minimum absolute atomic E-state index is 0.414. The molecular weight excluding hydrogens is 182 g/mol. The fraction of sp³-hybridized carbons (Fsp3) is 0.429. The van der Waals surface area contributed by atoms with Crippen molar-refractivity contribution in [3.63, 3.8) is 0 Å². The van der Waals surface area contributed by atoms with E-state index in [4.69, 9.17) is 0 Å². The van der Waals surface area contributed by atoms with Gasteiger partial charge in [0.1, 0.15) is 0 Å². The van der Waals surface area contributed by atoms with Crippen LogP contribution in [0.3, 0.4) is 0 Å². The molecule has 1 fully saturated rings. The highest BCUT2D eigenvalue weighted by Crippen LogP contribution is 2.47. The van der Waals surface area contributed by atoms with Crippen LogP contribution in [0.1, 0.15) is 31.2 Å². The molecule has 1 heterocycles. The number of hydrogen-bond acceptors (Lipinski definition) is 1. The van der Waals surface area contributed by atoms with Gasteiger partial charge in [0.25, 0.3) is 0 Å². The van der Waals surface area contributed by atoms with E-state index in [9.17, 15) is 0 Å². The van der Waals surface area contributed by atoms with Gasteiger partial charge in [-0.05, 0) is 37.3 Å². The van der Waals surface area contributed by atoms with Gasteiger partial charge in [-0.2, -0.15) is 0 Å². The molecule has 1 N–H and O–H groups in total. The van der Waals surface area contributed by atoms with Crippen LogP contribution in [-0.2, 0) is 5.41 Å². The molecule has 1 saturated carbocycles. The Bertz CT molecular complexity index is 396. The van der Waals surface area contributed by atoms with Crippen LogP contribution in [0.5, 0.6) is 0 Å². The molecule has 1 spiro atoms. The Morgan fingerprint density at radius 1 is 1.13 bits per heavy atom. The van der Waals surface area contributed by atoms with E-state index in [1.807, 2.05) is 0 Å². The van der Waals surface area contributed by atoms with E-state index in [1.165, 1.54) is 42.5 Å². The predicted octanol–water partition coefficient (Wildman–Crippen LogP) is 3.48. The van der Waals surface area contributed by atoms with Gasteiger partial charge in [0.05, 0.1) is 0 Å². The second-order valence-electron chi connectivity index (χ2n) is 4.93. The van der Waals surface area contributed by atoms with E-state index < -0.39 is 0 Å². The summed E-state index contributed by atoms with van der Waals surface area (Å²) in [5, 5.41) is 3.55. The van der Waals surface area contributed by atoms with E-state index in [0.717, 1.165) is 6.54 Å². The Kier molecular flexibility index (Phi) is 1.88. The van der Waals surface area contributed by atoms with E-state index in [0.29, 0.717) is 5.41 Å². The van der Waals surface area contributed by atoms with Crippen molar-refractivity contribution >= 4 is 5.69 Å². The maximum atomic E-state index is 4.10. The lowest BCUT2D eigenvalue weighted by molar-refractivity contribution is 0.364. The van der Waals surface area contributed by atoms with E-state index in [-0.39, 0.29) is 0 Å². The molecule has 2 aliphatic rings. The lowest BCUT2D eigenvalue weighted by Gasteiger charge is -2.34. The monoisotopic (exact) mass is 199 g/mol. The zero-order valence-corrected chi connectivity index (χ0v) is 9.05. The molecule has 0 unspecified atom stereocenters. The van der Waals surface area contributed by atoms with Crippen LogP contribution in [0.2, 0.25) is 0 Å². The molecule has 1 aliphatic carbocycles. The summed E-state index contributed by atoms with van der Waals surface area (Å²) >= 11 is 0. The normalized spacial score (nSPS) is 22.5. The van der Waals surface area contributed by atoms with Crippen molar-refractivity contribution in [2.75, 3.05) is 11.9 Å². The zero-order chi connectivity index (χ0) is 10.3. The SMILES string of the molecule is C=C1CCC2(CC1)CNc1ccccc12. The molecule has 15 heavy (non-hydrogen) atoms. The minimum atomic E-state index is 0.414. The lowest BCUT2D eigenvalue weighted by atomic mass is 9.70. The summed E-state index contributed by atoms with van der Waals surface area (Å²) in [6.45, 7) is 5.23. The first kappa shape index (κ1) is 9.02. The molecule has 0 amide bonds. The van der Waals surface area contributed by atoms with Crippen LogP contribution in [0.25, 0.3) is 0 Å². The summed E-state index contributed by atoms with van der Waals surface area (Å²) in [6.07, 6.45) is 4.96. The van der Waals surface area contributed by atoms with Gasteiger partial charge in [-0.3, -0.25) is 0 Å². The Hall–Kier alpha value is -1.24. The molecule has 1 aromatic rings. The standard InChI is InChI=1S/C14H17N/c1-11-6-8-14(9-7-11)10-15-13-5-3-2-4-12(13)14/h2-5,15H,1,6-10H2. The molecule has 1 aromatic carbocycles. The Balaban J connectivity index is 1.98. The molecule has 1 heteroatoms. The fourth-order valence-corrected chi connectivity index (χ4v) is 2.99. The highest BCUT2D eigenvalue weighted by Gasteiger charge is 2.39. The number of fused-ring (bicyclic) bond motifs is 2. The third kappa shape index (κ3) is 1.30. The number of hydrogen-bond donors (Lipinski definition) is 1. The van der Waals surface area contributed by atoms with Gasteiger partial charge < -0.3 is 5.32 Å². The first-order valence-corrected chi connectivity index (χ1v) is 5.80. The highest BCUT2D eigenvalue weighted by atomic mass is 14.9. The number of rotatable bonds is 0. The van der Waals surface area contributed by atoms with Gasteiger partial charge in [-0.15, -0.1) is 0 Å². The molecule has 1 nitrogen and oxygen atoms in total. The average Bonchev–Trinajstić information content (AvgIpc) is 2.63. The van der Waals surface area contributed by atoms with Crippen LogP contribution in [0.15, 0.2) is 36.4 Å². The average molecular weight is 199 g/mol. The van der Waals surface area contributed by atoms with E-state index in [2.05, 4.69) is 36.2 Å². The molecular formula is C14H17N. The maximum Gasteiger partial charge on any atom is 0.0379 e. The third-order valence-electron chi connectivity index (χ3n) is 4.03. The topological polar surface area (TPSA) is 12.0 Å². The second kappa shape index (κ2) is 3.13. The molecule has 0 atom stereocenters. The van der Waals surface area contributed by atoms with Gasteiger partial charge in [0.2, 0.25) is 0 Å². The van der Waals surface area contributed by atoms with Crippen molar-refractivity contribution in [2.24, 2.45) is 0 Å². The predicted molar refractivity (Wildman–Crippen MR) is 64.2 cm³/mol. The summed E-state index contributed by atoms with van der Waals surface area (Å²) in [4.78, 5) is 0. The van der Waals surface area contributed by atoms with Gasteiger partial charge in [0.15, 0.2) is 0 Å². The van der Waals surface area contributed by atoms with Crippen LogP contribution in [0.4, 0.5) is 5.69 Å². The van der Waals surface area contributed by atoms with Crippen LogP contribution in [-0.4, -0.2) is 6.54 Å². The first-order valence-electron chi connectivity index (χ1n) is 5.80. The lowest BCUT2D eigenvalue weighted by Crippen LogP contribution is -2.31. The molecule has 3 rings (SSSR count). The number of para-hydroxylation sites is 1. The number of anilines is 1. The van der Waals surface area contributed by atoms with Crippen LogP contribution >= 0.6 is 0 Å². The highest BCUT2D eigenvalue weighted by molar-refractivity contribution is 5.60.